The fourth-order valence-corrected chi connectivity index (χ4v) is 2.20. The normalized spacial score (nSPS) is 10.3. The number of rotatable bonds is 3. The van der Waals surface area contributed by atoms with Crippen LogP contribution in [0.1, 0.15) is 10.5 Å². The number of esters is 1. The number of carbonyl (C=O) groups excluding carboxylic acids is 1. The van der Waals surface area contributed by atoms with Crippen LogP contribution in [-0.2, 0) is 4.74 Å². The van der Waals surface area contributed by atoms with Gasteiger partial charge in [0.25, 0.3) is 0 Å². The molecule has 2 aromatic rings. The Morgan fingerprint density at radius 1 is 1.16 bits per heavy atom. The summed E-state index contributed by atoms with van der Waals surface area (Å²) in [5.74, 6) is 0.609. The predicted octanol–water partition coefficient (Wildman–Crippen LogP) is 2.80. The highest BCUT2D eigenvalue weighted by Crippen LogP contribution is 2.37. The lowest BCUT2D eigenvalue weighted by Crippen LogP contribution is -2.05. The van der Waals surface area contributed by atoms with E-state index in [1.807, 2.05) is 0 Å². The van der Waals surface area contributed by atoms with Crippen LogP contribution in [0.4, 0.5) is 0 Å². The number of methoxy groups -OCH3 is 3. The largest absolute Gasteiger partial charge is 0.496 e. The Morgan fingerprint density at radius 3 is 2.42 bits per heavy atom. The first kappa shape index (κ1) is 13.6. The minimum Gasteiger partial charge on any atom is -0.496 e. The van der Waals surface area contributed by atoms with Gasteiger partial charge < -0.3 is 14.2 Å². The fraction of sp³-hybridized carbons (Fsp3) is 0.231. The van der Waals surface area contributed by atoms with Crippen molar-refractivity contribution in [2.24, 2.45) is 0 Å². The van der Waals surface area contributed by atoms with Gasteiger partial charge in [-0.15, -0.1) is 0 Å². The molecule has 0 fully saturated rings. The van der Waals surface area contributed by atoms with Crippen molar-refractivity contribution >= 4 is 32.8 Å². The average Bonchev–Trinajstić information content (AvgIpc) is 2.46. The van der Waals surface area contributed by atoms with Crippen LogP contribution < -0.4 is 9.47 Å². The summed E-state index contributed by atoms with van der Waals surface area (Å²) < 4.78 is 16.0. The van der Waals surface area contributed by atoms with Gasteiger partial charge in [0.05, 0.1) is 32.2 Å². The van der Waals surface area contributed by atoms with Crippen molar-refractivity contribution in [2.45, 2.75) is 0 Å². The zero-order valence-electron chi connectivity index (χ0n) is 10.7. The van der Waals surface area contributed by atoms with Crippen LogP contribution in [0, 0.1) is 0 Å². The number of aromatic nitrogens is 1. The van der Waals surface area contributed by atoms with Crippen molar-refractivity contribution < 1.29 is 19.0 Å². The molecule has 0 saturated carbocycles. The number of hydrogen-bond donors (Lipinski definition) is 0. The Bertz CT molecular complexity index is 642. The van der Waals surface area contributed by atoms with Gasteiger partial charge in [-0.2, -0.15) is 0 Å². The Kier molecular flexibility index (Phi) is 3.90. The molecule has 0 bridgehead atoms. The van der Waals surface area contributed by atoms with Crippen LogP contribution >= 0.6 is 15.9 Å². The van der Waals surface area contributed by atoms with Gasteiger partial charge in [0.2, 0.25) is 0 Å². The van der Waals surface area contributed by atoms with Crippen molar-refractivity contribution in [2.75, 3.05) is 21.3 Å². The summed E-state index contributed by atoms with van der Waals surface area (Å²) in [7, 11) is 4.40. The van der Waals surface area contributed by atoms with E-state index in [1.54, 1.807) is 19.2 Å². The van der Waals surface area contributed by atoms with Gasteiger partial charge in [0, 0.05) is 10.5 Å². The molecule has 0 aliphatic rings. The second-order valence-electron chi connectivity index (χ2n) is 3.67. The Labute approximate surface area is 118 Å². The van der Waals surface area contributed by atoms with E-state index < -0.39 is 5.97 Å². The lowest BCUT2D eigenvalue weighted by molar-refractivity contribution is 0.0594. The molecule has 1 heterocycles. The van der Waals surface area contributed by atoms with Crippen LogP contribution in [0.5, 0.6) is 11.5 Å². The smallest absolute Gasteiger partial charge is 0.356 e. The molecule has 0 unspecified atom stereocenters. The van der Waals surface area contributed by atoms with Gasteiger partial charge >= 0.3 is 5.97 Å². The van der Waals surface area contributed by atoms with Gasteiger partial charge in [-0.3, -0.25) is 0 Å². The van der Waals surface area contributed by atoms with E-state index in [0.717, 1.165) is 4.47 Å². The maximum Gasteiger partial charge on any atom is 0.356 e. The summed E-state index contributed by atoms with van der Waals surface area (Å²) in [5, 5.41) is 0.701. The molecule has 5 nitrogen and oxygen atoms in total. The van der Waals surface area contributed by atoms with Crippen molar-refractivity contribution in [1.29, 1.82) is 0 Å². The minimum absolute atomic E-state index is 0.181. The molecule has 6 heteroatoms. The summed E-state index contributed by atoms with van der Waals surface area (Å²) in [5.41, 5.74) is 0.764. The first-order valence-corrected chi connectivity index (χ1v) is 6.21. The van der Waals surface area contributed by atoms with E-state index in [0.29, 0.717) is 22.4 Å². The molecule has 0 spiro atoms. The van der Waals surface area contributed by atoms with Gasteiger partial charge in [-0.25, -0.2) is 9.78 Å². The molecule has 1 aromatic heterocycles. The number of hydrogen-bond acceptors (Lipinski definition) is 5. The molecular weight excluding hydrogens is 314 g/mol. The monoisotopic (exact) mass is 325 g/mol. The van der Waals surface area contributed by atoms with E-state index in [1.165, 1.54) is 20.3 Å². The highest BCUT2D eigenvalue weighted by atomic mass is 79.9. The topological polar surface area (TPSA) is 57.7 Å². The molecule has 0 aliphatic heterocycles. The maximum absolute atomic E-state index is 11.6. The van der Waals surface area contributed by atoms with E-state index in [2.05, 4.69) is 25.7 Å². The first-order chi connectivity index (χ1) is 9.12. The standard InChI is InChI=1S/C13H12BrNO4/c1-17-9-5-4-7(14)12-11(9)10(18-2)6-8(15-12)13(16)19-3/h4-6H,1-3H3. The molecular formula is C13H12BrNO4. The molecule has 0 N–H and O–H groups in total. The lowest BCUT2D eigenvalue weighted by atomic mass is 10.1. The van der Waals surface area contributed by atoms with Gasteiger partial charge in [0.15, 0.2) is 5.69 Å². The average molecular weight is 326 g/mol. The Balaban J connectivity index is 2.83. The zero-order chi connectivity index (χ0) is 14.0. The van der Waals surface area contributed by atoms with Crippen LogP contribution in [0.2, 0.25) is 0 Å². The van der Waals surface area contributed by atoms with E-state index in [-0.39, 0.29) is 5.69 Å². The molecule has 2 rings (SSSR count). The van der Waals surface area contributed by atoms with E-state index in [9.17, 15) is 4.79 Å². The van der Waals surface area contributed by atoms with Crippen molar-refractivity contribution in [3.63, 3.8) is 0 Å². The van der Waals surface area contributed by atoms with E-state index >= 15 is 0 Å². The maximum atomic E-state index is 11.6. The molecule has 100 valence electrons. The number of nitrogens with zero attached hydrogens (tertiary/aromatic N) is 1. The number of benzene rings is 1. The third kappa shape index (κ3) is 2.35. The van der Waals surface area contributed by atoms with Crippen molar-refractivity contribution in [1.82, 2.24) is 4.98 Å². The molecule has 19 heavy (non-hydrogen) atoms. The van der Waals surface area contributed by atoms with Crippen molar-refractivity contribution in [3.05, 3.63) is 28.4 Å². The fourth-order valence-electron chi connectivity index (χ4n) is 1.78. The first-order valence-electron chi connectivity index (χ1n) is 5.42. The number of halogens is 1. The molecule has 0 atom stereocenters. The third-order valence-electron chi connectivity index (χ3n) is 2.67. The third-order valence-corrected chi connectivity index (χ3v) is 3.31. The molecule has 0 amide bonds. The highest BCUT2D eigenvalue weighted by Gasteiger charge is 2.17. The lowest BCUT2D eigenvalue weighted by Gasteiger charge is -2.12. The summed E-state index contributed by atoms with van der Waals surface area (Å²) in [4.78, 5) is 15.9. The quantitative estimate of drug-likeness (QED) is 0.812. The number of ether oxygens (including phenoxy) is 3. The molecule has 0 radical (unpaired) electrons. The van der Waals surface area contributed by atoms with Crippen LogP contribution in [0.25, 0.3) is 10.9 Å². The number of carbonyl (C=O) groups is 1. The van der Waals surface area contributed by atoms with Crippen LogP contribution in [0.3, 0.4) is 0 Å². The Morgan fingerprint density at radius 2 is 1.84 bits per heavy atom. The summed E-state index contributed by atoms with van der Waals surface area (Å²) in [6.45, 7) is 0. The van der Waals surface area contributed by atoms with Gasteiger partial charge in [0.1, 0.15) is 11.5 Å². The van der Waals surface area contributed by atoms with Gasteiger partial charge in [-0.1, -0.05) is 0 Å². The molecule has 0 saturated heterocycles. The predicted molar refractivity (Wildman–Crippen MR) is 73.9 cm³/mol. The second-order valence-corrected chi connectivity index (χ2v) is 4.53. The summed E-state index contributed by atoms with van der Waals surface area (Å²) in [6, 6.07) is 5.13. The number of pyridine rings is 1. The van der Waals surface area contributed by atoms with E-state index in [4.69, 9.17) is 9.47 Å². The van der Waals surface area contributed by atoms with Crippen LogP contribution in [-0.4, -0.2) is 32.3 Å². The Hall–Kier alpha value is -1.82. The number of fused-ring (bicyclic) bond motifs is 1. The highest BCUT2D eigenvalue weighted by molar-refractivity contribution is 9.10. The summed E-state index contributed by atoms with van der Waals surface area (Å²) >= 11 is 3.40. The minimum atomic E-state index is -0.519. The SMILES string of the molecule is COC(=O)c1cc(OC)c2c(OC)ccc(Br)c2n1. The molecule has 1 aromatic carbocycles. The van der Waals surface area contributed by atoms with Crippen LogP contribution in [0.15, 0.2) is 22.7 Å². The molecule has 0 aliphatic carbocycles. The van der Waals surface area contributed by atoms with Gasteiger partial charge in [-0.05, 0) is 28.1 Å². The van der Waals surface area contributed by atoms with Crippen molar-refractivity contribution in [3.8, 4) is 11.5 Å². The summed E-state index contributed by atoms with van der Waals surface area (Å²) in [6.07, 6.45) is 0. The zero-order valence-corrected chi connectivity index (χ0v) is 12.3. The second kappa shape index (κ2) is 5.44.